The van der Waals surface area contributed by atoms with E-state index in [4.69, 9.17) is 5.11 Å². The number of aliphatic carboxylic acids is 1. The van der Waals surface area contributed by atoms with Crippen LogP contribution < -0.4 is 0 Å². The van der Waals surface area contributed by atoms with E-state index < -0.39 is 23.6 Å². The zero-order chi connectivity index (χ0) is 16.3. The summed E-state index contributed by atoms with van der Waals surface area (Å²) < 4.78 is 13.4. The zero-order valence-corrected chi connectivity index (χ0v) is 13.6. The van der Waals surface area contributed by atoms with Gasteiger partial charge >= 0.3 is 5.97 Å². The topological polar surface area (TPSA) is 73.1 Å². The number of carboxylic acid groups (broad SMARTS) is 1. The molecule has 0 saturated heterocycles. The van der Waals surface area contributed by atoms with E-state index in [1.54, 1.807) is 18.0 Å². The molecule has 1 aliphatic rings. The van der Waals surface area contributed by atoms with Gasteiger partial charge in [0.05, 0.1) is 11.6 Å². The number of carbonyl (C=O) groups is 1. The zero-order valence-electron chi connectivity index (χ0n) is 11.9. The molecule has 0 bridgehead atoms. The highest BCUT2D eigenvalue weighted by Gasteiger charge is 2.27. The molecular formula is C14H17FN2O3S2. The minimum atomic E-state index is -0.921. The van der Waals surface area contributed by atoms with Crippen LogP contribution >= 0.6 is 24.4 Å². The number of phenolic OH excluding ortho intramolecular Hbond substituents is 1. The minimum absolute atomic E-state index is 0.102. The molecule has 0 fully saturated rings. The number of thioether (sulfide) groups is 1. The molecule has 1 aromatic rings. The number of aliphatic imine (C=N–C) groups is 1. The fourth-order valence-corrected chi connectivity index (χ4v) is 3.72. The number of halogens is 1. The largest absolute Gasteiger partial charge is 0.504 e. The smallest absolute Gasteiger partial charge is 0.321 e. The van der Waals surface area contributed by atoms with Crippen molar-refractivity contribution < 1.29 is 19.4 Å². The van der Waals surface area contributed by atoms with Gasteiger partial charge in [0.2, 0.25) is 0 Å². The maximum absolute atomic E-state index is 13.4. The summed E-state index contributed by atoms with van der Waals surface area (Å²) in [5, 5.41) is 19.4. The molecule has 1 heterocycles. The molecule has 0 unspecified atom stereocenters. The van der Waals surface area contributed by atoms with Gasteiger partial charge in [-0.25, -0.2) is 4.39 Å². The Morgan fingerprint density at radius 1 is 1.64 bits per heavy atom. The van der Waals surface area contributed by atoms with Crippen LogP contribution in [0.4, 0.5) is 4.39 Å². The Balaban J connectivity index is 2.09. The second kappa shape index (κ2) is 7.34. The molecule has 0 radical (unpaired) electrons. The third-order valence-corrected chi connectivity index (χ3v) is 4.91. The number of para-hydroxylation sites is 1. The van der Waals surface area contributed by atoms with E-state index in [-0.39, 0.29) is 11.8 Å². The van der Waals surface area contributed by atoms with Crippen molar-refractivity contribution in [1.29, 1.82) is 0 Å². The summed E-state index contributed by atoms with van der Waals surface area (Å²) >= 11 is 5.48. The lowest BCUT2D eigenvalue weighted by atomic mass is 10.2. The van der Waals surface area contributed by atoms with Gasteiger partial charge < -0.3 is 10.2 Å². The van der Waals surface area contributed by atoms with Crippen LogP contribution in [0.5, 0.6) is 5.75 Å². The van der Waals surface area contributed by atoms with Gasteiger partial charge in [0, 0.05) is 18.1 Å². The first-order valence-corrected chi connectivity index (χ1v) is 8.28. The van der Waals surface area contributed by atoms with Crippen molar-refractivity contribution in [3.8, 4) is 5.75 Å². The number of hydrogen-bond donors (Lipinski definition) is 3. The molecule has 120 valence electrons. The fourth-order valence-electron chi connectivity index (χ4n) is 2.21. The minimum Gasteiger partial charge on any atom is -0.504 e. The van der Waals surface area contributed by atoms with Crippen LogP contribution in [0.25, 0.3) is 0 Å². The Hall–Kier alpha value is -1.25. The quantitative estimate of drug-likeness (QED) is 0.685. The Labute approximate surface area is 137 Å². The van der Waals surface area contributed by atoms with Crippen molar-refractivity contribution in [1.82, 2.24) is 4.90 Å². The van der Waals surface area contributed by atoms with E-state index in [9.17, 15) is 14.3 Å². The lowest BCUT2D eigenvalue weighted by Gasteiger charge is -2.24. The number of nitrogens with zero attached hydrogens (tertiary/aromatic N) is 2. The van der Waals surface area contributed by atoms with Gasteiger partial charge in [-0.15, -0.1) is 11.8 Å². The van der Waals surface area contributed by atoms with E-state index in [1.807, 2.05) is 0 Å². The fraction of sp³-hybridized carbons (Fsp3) is 0.429. The SMILES string of the molecule is CN(C[C@H]1CSC(c2cccc(F)c2O)=N1)[C@H](CS)C(=O)O. The van der Waals surface area contributed by atoms with Gasteiger partial charge in [0.25, 0.3) is 0 Å². The van der Waals surface area contributed by atoms with Crippen LogP contribution in [-0.4, -0.2) is 63.3 Å². The summed E-state index contributed by atoms with van der Waals surface area (Å²) in [6.07, 6.45) is 0. The summed E-state index contributed by atoms with van der Waals surface area (Å²) in [5.74, 6) is -1.12. The van der Waals surface area contributed by atoms with Crippen molar-refractivity contribution in [3.05, 3.63) is 29.6 Å². The van der Waals surface area contributed by atoms with Crippen LogP contribution in [0, 0.1) is 5.82 Å². The molecule has 2 rings (SSSR count). The summed E-state index contributed by atoms with van der Waals surface area (Å²) in [7, 11) is 1.72. The second-order valence-corrected chi connectivity index (χ2v) is 6.39. The molecule has 0 aliphatic carbocycles. The molecular weight excluding hydrogens is 327 g/mol. The van der Waals surface area contributed by atoms with Gasteiger partial charge in [-0.2, -0.15) is 12.6 Å². The lowest BCUT2D eigenvalue weighted by molar-refractivity contribution is -0.141. The first-order valence-electron chi connectivity index (χ1n) is 6.66. The van der Waals surface area contributed by atoms with Crippen molar-refractivity contribution in [2.24, 2.45) is 4.99 Å². The first kappa shape index (κ1) is 17.1. The van der Waals surface area contributed by atoms with Crippen molar-refractivity contribution in [2.75, 3.05) is 25.1 Å². The van der Waals surface area contributed by atoms with Crippen molar-refractivity contribution in [2.45, 2.75) is 12.1 Å². The molecule has 2 atom stereocenters. The molecule has 5 nitrogen and oxygen atoms in total. The molecule has 0 aromatic heterocycles. The number of phenols is 1. The van der Waals surface area contributed by atoms with Gasteiger partial charge in [-0.1, -0.05) is 6.07 Å². The van der Waals surface area contributed by atoms with Gasteiger partial charge in [-0.3, -0.25) is 14.7 Å². The second-order valence-electron chi connectivity index (χ2n) is 5.01. The first-order chi connectivity index (χ1) is 10.4. The molecule has 0 saturated carbocycles. The molecule has 2 N–H and O–H groups in total. The predicted molar refractivity (Wildman–Crippen MR) is 88.8 cm³/mol. The van der Waals surface area contributed by atoms with Gasteiger partial charge in [-0.05, 0) is 19.2 Å². The number of carboxylic acids is 1. The van der Waals surface area contributed by atoms with Crippen LogP contribution in [-0.2, 0) is 4.79 Å². The number of likely N-dealkylation sites (N-methyl/N-ethyl adjacent to an activating group) is 1. The number of rotatable bonds is 6. The normalized spacial score (nSPS) is 19.3. The lowest BCUT2D eigenvalue weighted by Crippen LogP contribution is -2.43. The molecule has 8 heteroatoms. The van der Waals surface area contributed by atoms with E-state index in [1.165, 1.54) is 23.9 Å². The highest BCUT2D eigenvalue weighted by molar-refractivity contribution is 8.14. The summed E-state index contributed by atoms with van der Waals surface area (Å²) in [4.78, 5) is 17.3. The molecule has 1 aliphatic heterocycles. The Morgan fingerprint density at radius 3 is 3.00 bits per heavy atom. The summed E-state index contributed by atoms with van der Waals surface area (Å²) in [6.45, 7) is 0.462. The standard InChI is InChI=1S/C14H17FN2O3S2/c1-17(11(6-21)14(19)20)5-8-7-22-13(16-8)9-3-2-4-10(15)12(9)18/h2-4,8,11,18,21H,5-7H2,1H3,(H,19,20)/t8-,11+/m0/s1. The van der Waals surface area contributed by atoms with Gasteiger partial charge in [0.15, 0.2) is 11.6 Å². The van der Waals surface area contributed by atoms with E-state index in [0.717, 1.165) is 0 Å². The number of aromatic hydroxyl groups is 1. The molecule has 1 aromatic carbocycles. The van der Waals surface area contributed by atoms with Gasteiger partial charge in [0.1, 0.15) is 11.1 Å². The number of thiol groups is 1. The van der Waals surface area contributed by atoms with E-state index in [0.29, 0.717) is 22.9 Å². The number of hydrogen-bond acceptors (Lipinski definition) is 6. The average Bonchev–Trinajstić information content (AvgIpc) is 2.90. The Kier molecular flexibility index (Phi) is 5.71. The third kappa shape index (κ3) is 3.74. The third-order valence-electron chi connectivity index (χ3n) is 3.42. The van der Waals surface area contributed by atoms with Crippen LogP contribution in [0.2, 0.25) is 0 Å². The Morgan fingerprint density at radius 2 is 2.36 bits per heavy atom. The Bertz CT molecular complexity index is 597. The van der Waals surface area contributed by atoms with Crippen LogP contribution in [0.1, 0.15) is 5.56 Å². The molecule has 0 spiro atoms. The van der Waals surface area contributed by atoms with Crippen LogP contribution in [0.15, 0.2) is 23.2 Å². The predicted octanol–water partition coefficient (Wildman–Crippen LogP) is 1.71. The summed E-state index contributed by atoms with van der Waals surface area (Å²) in [6, 6.07) is 3.55. The van der Waals surface area contributed by atoms with Crippen molar-refractivity contribution >= 4 is 35.4 Å². The van der Waals surface area contributed by atoms with Crippen LogP contribution in [0.3, 0.4) is 0 Å². The monoisotopic (exact) mass is 344 g/mol. The van der Waals surface area contributed by atoms with E-state index in [2.05, 4.69) is 17.6 Å². The maximum Gasteiger partial charge on any atom is 0.321 e. The highest BCUT2D eigenvalue weighted by atomic mass is 32.2. The van der Waals surface area contributed by atoms with Crippen molar-refractivity contribution in [3.63, 3.8) is 0 Å². The molecule has 22 heavy (non-hydrogen) atoms. The maximum atomic E-state index is 13.4. The molecule has 0 amide bonds. The number of benzene rings is 1. The average molecular weight is 344 g/mol. The van der Waals surface area contributed by atoms with E-state index >= 15 is 0 Å². The summed E-state index contributed by atoms with van der Waals surface area (Å²) in [5.41, 5.74) is 0.374. The highest BCUT2D eigenvalue weighted by Crippen LogP contribution is 2.30.